The van der Waals surface area contributed by atoms with Gasteiger partial charge in [-0.05, 0) is 101 Å². The standard InChI is InChI=1S/C41H50N6O4S/c1-29-25-30(2)27-33(26-29)38-34(39(44-43-38)51-28-41(3,4)40(48)46-21-7-8-22-46)18-24-47(23-17-31-15-19-42-20-16-31)52(49,50)36-14-10-12-32-11-9-13-35(37(32)36)45(5)6/h9-16,19-20,25-27H,7-8,17-18,21-24,28H2,1-6H3,(H,43,44). The average molecular weight is 723 g/mol. The molecule has 1 saturated heterocycles. The lowest BCUT2D eigenvalue weighted by Gasteiger charge is -2.28. The van der Waals surface area contributed by atoms with E-state index < -0.39 is 15.4 Å². The van der Waals surface area contributed by atoms with Gasteiger partial charge >= 0.3 is 0 Å². The monoisotopic (exact) mass is 722 g/mol. The maximum absolute atomic E-state index is 14.9. The highest BCUT2D eigenvalue weighted by Crippen LogP contribution is 2.35. The first-order chi connectivity index (χ1) is 24.8. The van der Waals surface area contributed by atoms with Gasteiger partial charge < -0.3 is 14.5 Å². The zero-order valence-electron chi connectivity index (χ0n) is 31.1. The predicted molar refractivity (Wildman–Crippen MR) is 207 cm³/mol. The summed E-state index contributed by atoms with van der Waals surface area (Å²) in [6, 6.07) is 21.4. The first kappa shape index (κ1) is 37.0. The first-order valence-electron chi connectivity index (χ1n) is 18.0. The summed E-state index contributed by atoms with van der Waals surface area (Å²) in [5, 5.41) is 9.38. The van der Waals surface area contributed by atoms with Crippen LogP contribution in [0.5, 0.6) is 5.88 Å². The quantitative estimate of drug-likeness (QED) is 0.134. The molecule has 6 rings (SSSR count). The smallest absolute Gasteiger partial charge is 0.243 e. The van der Waals surface area contributed by atoms with Crippen LogP contribution in [0.15, 0.2) is 84.0 Å². The van der Waals surface area contributed by atoms with Crippen molar-refractivity contribution in [1.82, 2.24) is 24.4 Å². The van der Waals surface area contributed by atoms with Crippen molar-refractivity contribution in [2.24, 2.45) is 5.41 Å². The number of pyridine rings is 1. The maximum Gasteiger partial charge on any atom is 0.243 e. The van der Waals surface area contributed by atoms with E-state index in [0.717, 1.165) is 70.5 Å². The summed E-state index contributed by atoms with van der Waals surface area (Å²) in [4.78, 5) is 21.7. The normalized spacial score (nSPS) is 13.6. The van der Waals surface area contributed by atoms with Gasteiger partial charge in [0.2, 0.25) is 21.8 Å². The molecule has 52 heavy (non-hydrogen) atoms. The van der Waals surface area contributed by atoms with Gasteiger partial charge in [0.05, 0.1) is 16.0 Å². The number of amides is 1. The molecule has 0 bridgehead atoms. The van der Waals surface area contributed by atoms with Gasteiger partial charge in [-0.3, -0.25) is 14.9 Å². The summed E-state index contributed by atoms with van der Waals surface area (Å²) in [6.07, 6.45) is 6.32. The number of carbonyl (C=O) groups is 1. The molecule has 3 heterocycles. The van der Waals surface area contributed by atoms with E-state index in [1.54, 1.807) is 28.8 Å². The van der Waals surface area contributed by atoms with Crippen LogP contribution in [0, 0.1) is 19.3 Å². The molecule has 1 fully saturated rings. The van der Waals surface area contributed by atoms with Crippen LogP contribution in [0.2, 0.25) is 0 Å². The van der Waals surface area contributed by atoms with Crippen molar-refractivity contribution >= 4 is 32.4 Å². The van der Waals surface area contributed by atoms with Crippen LogP contribution < -0.4 is 9.64 Å². The number of nitrogens with one attached hydrogen (secondary N) is 1. The number of hydrogen-bond donors (Lipinski definition) is 1. The molecule has 0 saturated carbocycles. The van der Waals surface area contributed by atoms with Gasteiger partial charge in [-0.1, -0.05) is 41.5 Å². The second-order valence-corrected chi connectivity index (χ2v) is 16.6. The molecule has 2 aromatic heterocycles. The van der Waals surface area contributed by atoms with Gasteiger partial charge in [-0.2, -0.15) is 4.31 Å². The first-order valence-corrected chi connectivity index (χ1v) is 19.5. The number of carbonyl (C=O) groups excluding carboxylic acids is 1. The van der Waals surface area contributed by atoms with Gasteiger partial charge in [0.15, 0.2) is 0 Å². The molecule has 274 valence electrons. The Balaban J connectivity index is 1.37. The zero-order valence-corrected chi connectivity index (χ0v) is 32.0. The molecule has 5 aromatic rings. The van der Waals surface area contributed by atoms with E-state index in [1.807, 2.05) is 74.1 Å². The number of anilines is 1. The van der Waals surface area contributed by atoms with Crippen LogP contribution in [-0.4, -0.2) is 85.6 Å². The van der Waals surface area contributed by atoms with Crippen molar-refractivity contribution in [3.63, 3.8) is 0 Å². The lowest BCUT2D eigenvalue weighted by atomic mass is 9.93. The van der Waals surface area contributed by atoms with E-state index in [2.05, 4.69) is 47.2 Å². The largest absolute Gasteiger partial charge is 0.475 e. The number of aromatic nitrogens is 3. The highest BCUT2D eigenvalue weighted by atomic mass is 32.2. The summed E-state index contributed by atoms with van der Waals surface area (Å²) in [5.41, 5.74) is 5.75. The third-order valence-corrected chi connectivity index (χ3v) is 11.8. The Morgan fingerprint density at radius 1 is 0.923 bits per heavy atom. The molecule has 0 unspecified atom stereocenters. The molecule has 3 aromatic carbocycles. The van der Waals surface area contributed by atoms with E-state index in [4.69, 9.17) is 4.74 Å². The minimum atomic E-state index is -4.00. The van der Waals surface area contributed by atoms with E-state index in [9.17, 15) is 13.2 Å². The summed E-state index contributed by atoms with van der Waals surface area (Å²) >= 11 is 0. The molecule has 11 heteroatoms. The lowest BCUT2D eigenvalue weighted by Crippen LogP contribution is -2.42. The van der Waals surface area contributed by atoms with Crippen LogP contribution in [0.25, 0.3) is 22.0 Å². The van der Waals surface area contributed by atoms with Crippen LogP contribution in [0.3, 0.4) is 0 Å². The van der Waals surface area contributed by atoms with Crippen molar-refractivity contribution in [2.75, 3.05) is 51.8 Å². The number of H-pyrrole nitrogens is 1. The second-order valence-electron chi connectivity index (χ2n) is 14.7. The van der Waals surface area contributed by atoms with Crippen LogP contribution >= 0.6 is 0 Å². The third kappa shape index (κ3) is 8.00. The fourth-order valence-electron chi connectivity index (χ4n) is 7.12. The number of rotatable bonds is 14. The van der Waals surface area contributed by atoms with E-state index in [1.165, 1.54) is 0 Å². The van der Waals surface area contributed by atoms with Crippen molar-refractivity contribution in [3.8, 4) is 17.1 Å². The Kier molecular flexibility index (Phi) is 11.0. The number of sulfonamides is 1. The molecule has 1 N–H and O–H groups in total. The molecule has 1 aliphatic heterocycles. The minimum absolute atomic E-state index is 0.0668. The topological polar surface area (TPSA) is 112 Å². The number of ether oxygens (including phenoxy) is 1. The number of benzene rings is 3. The Labute approximate surface area is 307 Å². The molecule has 1 amide bonds. The minimum Gasteiger partial charge on any atom is -0.475 e. The average Bonchev–Trinajstić information content (AvgIpc) is 3.80. The summed E-state index contributed by atoms with van der Waals surface area (Å²) in [6.45, 7) is 10.0. The summed E-state index contributed by atoms with van der Waals surface area (Å²) < 4.78 is 37.8. The molecule has 10 nitrogen and oxygen atoms in total. The Hall–Kier alpha value is -4.74. The second kappa shape index (κ2) is 15.5. The summed E-state index contributed by atoms with van der Waals surface area (Å²) in [5.74, 6) is 0.445. The van der Waals surface area contributed by atoms with Crippen molar-refractivity contribution in [2.45, 2.75) is 58.3 Å². The van der Waals surface area contributed by atoms with Gasteiger partial charge in [0.1, 0.15) is 6.61 Å². The Morgan fingerprint density at radius 2 is 1.58 bits per heavy atom. The summed E-state index contributed by atoms with van der Waals surface area (Å²) in [7, 11) is -0.148. The number of aromatic amines is 1. The fourth-order valence-corrected chi connectivity index (χ4v) is 8.79. The van der Waals surface area contributed by atoms with Crippen molar-refractivity contribution < 1.29 is 17.9 Å². The number of likely N-dealkylation sites (tertiary alicyclic amines) is 1. The number of nitrogens with zero attached hydrogens (tertiary/aromatic N) is 5. The van der Waals surface area contributed by atoms with Gasteiger partial charge in [0, 0.05) is 74.9 Å². The highest BCUT2D eigenvalue weighted by Gasteiger charge is 2.35. The fraction of sp³-hybridized carbons (Fsp3) is 0.390. The van der Waals surface area contributed by atoms with Crippen molar-refractivity contribution in [1.29, 1.82) is 0 Å². The number of aryl methyl sites for hydroxylation is 2. The number of hydrogen-bond acceptors (Lipinski definition) is 7. The highest BCUT2D eigenvalue weighted by molar-refractivity contribution is 7.89. The van der Waals surface area contributed by atoms with Gasteiger partial charge in [-0.25, -0.2) is 8.42 Å². The van der Waals surface area contributed by atoms with E-state index >= 15 is 0 Å². The SMILES string of the molecule is Cc1cc(C)cc(-c2[nH]nc(OCC(C)(C)C(=O)N3CCCC3)c2CCN(CCc2ccncc2)S(=O)(=O)c2cccc3cccc(N(C)C)c23)c1. The lowest BCUT2D eigenvalue weighted by molar-refractivity contribution is -0.140. The Morgan fingerprint density at radius 3 is 2.25 bits per heavy atom. The van der Waals surface area contributed by atoms with Crippen LogP contribution in [-0.2, 0) is 27.7 Å². The molecule has 0 atom stereocenters. The molecule has 0 spiro atoms. The predicted octanol–water partition coefficient (Wildman–Crippen LogP) is 6.81. The molecular formula is C41H50N6O4S. The zero-order chi connectivity index (χ0) is 37.0. The maximum atomic E-state index is 14.9. The van der Waals surface area contributed by atoms with Gasteiger partial charge in [0.25, 0.3) is 0 Å². The molecule has 0 radical (unpaired) electrons. The van der Waals surface area contributed by atoms with E-state index in [-0.39, 0.29) is 30.5 Å². The molecule has 1 aliphatic rings. The van der Waals surface area contributed by atoms with E-state index in [0.29, 0.717) is 24.1 Å². The van der Waals surface area contributed by atoms with Gasteiger partial charge in [-0.15, -0.1) is 5.10 Å². The third-order valence-electron chi connectivity index (χ3n) is 9.84. The van der Waals surface area contributed by atoms with Crippen LogP contribution in [0.1, 0.15) is 48.9 Å². The van der Waals surface area contributed by atoms with Crippen LogP contribution in [0.4, 0.5) is 5.69 Å². The molecule has 0 aliphatic carbocycles. The van der Waals surface area contributed by atoms with Crippen molar-refractivity contribution in [3.05, 3.63) is 101 Å². The molecular weight excluding hydrogens is 673 g/mol. The number of fused-ring (bicyclic) bond motifs is 1. The Bertz CT molecular complexity index is 2110.